The summed E-state index contributed by atoms with van der Waals surface area (Å²) in [5, 5.41) is 3.54. The lowest BCUT2D eigenvalue weighted by atomic mass is 9.98. The summed E-state index contributed by atoms with van der Waals surface area (Å²) in [6.45, 7) is 5.39. The Bertz CT molecular complexity index is 558. The first kappa shape index (κ1) is 15.6. The zero-order chi connectivity index (χ0) is 15.2. The van der Waals surface area contributed by atoms with Crippen molar-refractivity contribution in [3.05, 3.63) is 54.1 Å². The SMILES string of the molecule is CCNC(CC)c1cccc(-c2ccc(N(C)C)cc2)c1. The standard InChI is InChI=1S/C19H26N2/c1-5-19(20-6-2)17-9-7-8-16(14-17)15-10-12-18(13-11-15)21(3)4/h7-14,19-20H,5-6H2,1-4H3. The first-order chi connectivity index (χ1) is 10.2. The predicted molar refractivity (Wildman–Crippen MR) is 92.9 cm³/mol. The van der Waals surface area contributed by atoms with Crippen molar-refractivity contribution in [3.63, 3.8) is 0 Å². The molecule has 0 saturated carbocycles. The van der Waals surface area contributed by atoms with Gasteiger partial charge in [-0.1, -0.05) is 44.2 Å². The van der Waals surface area contributed by atoms with Gasteiger partial charge in [-0.2, -0.15) is 0 Å². The highest BCUT2D eigenvalue weighted by atomic mass is 15.1. The molecule has 0 heterocycles. The van der Waals surface area contributed by atoms with Crippen LogP contribution in [0.2, 0.25) is 0 Å². The number of hydrogen-bond donors (Lipinski definition) is 1. The normalized spacial score (nSPS) is 12.2. The maximum Gasteiger partial charge on any atom is 0.0361 e. The van der Waals surface area contributed by atoms with Gasteiger partial charge in [-0.3, -0.25) is 0 Å². The molecule has 0 aromatic heterocycles. The molecule has 0 aliphatic carbocycles. The van der Waals surface area contributed by atoms with Gasteiger partial charge in [-0.05, 0) is 47.9 Å². The fourth-order valence-electron chi connectivity index (χ4n) is 2.63. The van der Waals surface area contributed by atoms with E-state index in [4.69, 9.17) is 0 Å². The summed E-state index contributed by atoms with van der Waals surface area (Å²) < 4.78 is 0. The van der Waals surface area contributed by atoms with Crippen molar-refractivity contribution < 1.29 is 0 Å². The van der Waals surface area contributed by atoms with Crippen LogP contribution in [0.3, 0.4) is 0 Å². The highest BCUT2D eigenvalue weighted by Crippen LogP contribution is 2.26. The van der Waals surface area contributed by atoms with Crippen LogP contribution < -0.4 is 10.2 Å². The zero-order valence-electron chi connectivity index (χ0n) is 13.6. The highest BCUT2D eigenvalue weighted by molar-refractivity contribution is 5.67. The van der Waals surface area contributed by atoms with Crippen LogP contribution in [0.5, 0.6) is 0 Å². The first-order valence-electron chi connectivity index (χ1n) is 7.76. The lowest BCUT2D eigenvalue weighted by molar-refractivity contribution is 0.537. The van der Waals surface area contributed by atoms with E-state index in [0.717, 1.165) is 13.0 Å². The van der Waals surface area contributed by atoms with E-state index in [9.17, 15) is 0 Å². The fourth-order valence-corrected chi connectivity index (χ4v) is 2.63. The molecule has 0 amide bonds. The Kier molecular flexibility index (Phi) is 5.40. The minimum atomic E-state index is 0.441. The van der Waals surface area contributed by atoms with Crippen molar-refractivity contribution in [1.82, 2.24) is 5.32 Å². The van der Waals surface area contributed by atoms with E-state index in [-0.39, 0.29) is 0 Å². The summed E-state index contributed by atoms with van der Waals surface area (Å²) in [5.41, 5.74) is 5.16. The van der Waals surface area contributed by atoms with Gasteiger partial charge in [0.15, 0.2) is 0 Å². The lowest BCUT2D eigenvalue weighted by Gasteiger charge is -2.17. The third-order valence-corrected chi connectivity index (χ3v) is 3.86. The smallest absolute Gasteiger partial charge is 0.0361 e. The van der Waals surface area contributed by atoms with E-state index in [2.05, 4.69) is 86.7 Å². The maximum atomic E-state index is 3.54. The topological polar surface area (TPSA) is 15.3 Å². The number of anilines is 1. The number of nitrogens with zero attached hydrogens (tertiary/aromatic N) is 1. The summed E-state index contributed by atoms with van der Waals surface area (Å²) in [5.74, 6) is 0. The molecule has 0 radical (unpaired) electrons. The maximum absolute atomic E-state index is 3.54. The lowest BCUT2D eigenvalue weighted by Crippen LogP contribution is -2.19. The average molecular weight is 282 g/mol. The average Bonchev–Trinajstić information content (AvgIpc) is 2.53. The molecule has 2 nitrogen and oxygen atoms in total. The molecule has 2 aromatic rings. The second-order valence-electron chi connectivity index (χ2n) is 5.59. The third-order valence-electron chi connectivity index (χ3n) is 3.86. The molecule has 1 unspecified atom stereocenters. The van der Waals surface area contributed by atoms with Gasteiger partial charge in [-0.25, -0.2) is 0 Å². The quantitative estimate of drug-likeness (QED) is 0.840. The van der Waals surface area contributed by atoms with Crippen LogP contribution in [0.4, 0.5) is 5.69 Å². The molecule has 2 rings (SSSR count). The van der Waals surface area contributed by atoms with Crippen LogP contribution in [-0.4, -0.2) is 20.6 Å². The van der Waals surface area contributed by atoms with Gasteiger partial charge in [0.05, 0.1) is 0 Å². The first-order valence-corrected chi connectivity index (χ1v) is 7.76. The number of rotatable bonds is 6. The second-order valence-corrected chi connectivity index (χ2v) is 5.59. The Morgan fingerprint density at radius 2 is 1.67 bits per heavy atom. The largest absolute Gasteiger partial charge is 0.378 e. The Balaban J connectivity index is 2.28. The summed E-state index contributed by atoms with van der Waals surface area (Å²) in [4.78, 5) is 2.12. The molecule has 0 aliphatic rings. The predicted octanol–water partition coefficient (Wildman–Crippen LogP) is 4.48. The van der Waals surface area contributed by atoms with Crippen LogP contribution in [0.1, 0.15) is 31.9 Å². The molecule has 2 aromatic carbocycles. The minimum absolute atomic E-state index is 0.441. The van der Waals surface area contributed by atoms with Gasteiger partial charge in [-0.15, -0.1) is 0 Å². The molecule has 2 heteroatoms. The third kappa shape index (κ3) is 3.85. The Morgan fingerprint density at radius 3 is 2.24 bits per heavy atom. The molecule has 0 aliphatic heterocycles. The number of nitrogens with one attached hydrogen (secondary N) is 1. The molecular formula is C19H26N2. The molecule has 0 fully saturated rings. The zero-order valence-corrected chi connectivity index (χ0v) is 13.6. The number of benzene rings is 2. The molecule has 21 heavy (non-hydrogen) atoms. The fraction of sp³-hybridized carbons (Fsp3) is 0.368. The Labute approximate surface area is 128 Å². The van der Waals surface area contributed by atoms with Crippen molar-refractivity contribution >= 4 is 5.69 Å². The van der Waals surface area contributed by atoms with E-state index in [0.29, 0.717) is 6.04 Å². The van der Waals surface area contributed by atoms with Crippen LogP contribution in [0, 0.1) is 0 Å². The van der Waals surface area contributed by atoms with Crippen LogP contribution in [-0.2, 0) is 0 Å². The van der Waals surface area contributed by atoms with Gasteiger partial charge in [0.25, 0.3) is 0 Å². The summed E-state index contributed by atoms with van der Waals surface area (Å²) in [7, 11) is 4.13. The molecular weight excluding hydrogens is 256 g/mol. The van der Waals surface area contributed by atoms with Crippen molar-refractivity contribution in [2.24, 2.45) is 0 Å². The van der Waals surface area contributed by atoms with Gasteiger partial charge >= 0.3 is 0 Å². The van der Waals surface area contributed by atoms with Crippen molar-refractivity contribution in [2.75, 3.05) is 25.5 Å². The molecule has 1 N–H and O–H groups in total. The highest BCUT2D eigenvalue weighted by Gasteiger charge is 2.08. The van der Waals surface area contributed by atoms with Gasteiger partial charge < -0.3 is 10.2 Å². The number of hydrogen-bond acceptors (Lipinski definition) is 2. The molecule has 0 bridgehead atoms. The van der Waals surface area contributed by atoms with E-state index in [1.807, 2.05) is 0 Å². The van der Waals surface area contributed by atoms with Gasteiger partial charge in [0.1, 0.15) is 0 Å². The Hall–Kier alpha value is -1.80. The summed E-state index contributed by atoms with van der Waals surface area (Å²) >= 11 is 0. The van der Waals surface area contributed by atoms with Gasteiger partial charge in [0.2, 0.25) is 0 Å². The molecule has 1 atom stereocenters. The Morgan fingerprint density at radius 1 is 0.952 bits per heavy atom. The minimum Gasteiger partial charge on any atom is -0.378 e. The molecule has 0 spiro atoms. The van der Waals surface area contributed by atoms with E-state index in [1.54, 1.807) is 0 Å². The van der Waals surface area contributed by atoms with Crippen LogP contribution >= 0.6 is 0 Å². The van der Waals surface area contributed by atoms with E-state index in [1.165, 1.54) is 22.4 Å². The molecule has 112 valence electrons. The summed E-state index contributed by atoms with van der Waals surface area (Å²) in [6.07, 6.45) is 1.11. The second kappa shape index (κ2) is 7.28. The van der Waals surface area contributed by atoms with Crippen LogP contribution in [0.15, 0.2) is 48.5 Å². The van der Waals surface area contributed by atoms with Crippen molar-refractivity contribution in [2.45, 2.75) is 26.3 Å². The monoisotopic (exact) mass is 282 g/mol. The van der Waals surface area contributed by atoms with Crippen molar-refractivity contribution in [3.8, 4) is 11.1 Å². The summed E-state index contributed by atoms with van der Waals surface area (Å²) in [6, 6.07) is 18.0. The molecule has 0 saturated heterocycles. The van der Waals surface area contributed by atoms with Crippen LogP contribution in [0.25, 0.3) is 11.1 Å². The van der Waals surface area contributed by atoms with Gasteiger partial charge in [0, 0.05) is 25.8 Å². The van der Waals surface area contributed by atoms with E-state index < -0.39 is 0 Å². The van der Waals surface area contributed by atoms with Crippen molar-refractivity contribution in [1.29, 1.82) is 0 Å². The van der Waals surface area contributed by atoms with E-state index >= 15 is 0 Å².